The van der Waals surface area contributed by atoms with E-state index < -0.39 is 0 Å². The molecule has 0 radical (unpaired) electrons. The van der Waals surface area contributed by atoms with Crippen molar-refractivity contribution in [1.82, 2.24) is 4.90 Å². The summed E-state index contributed by atoms with van der Waals surface area (Å²) in [7, 11) is 1.69. The maximum Gasteiger partial charge on any atom is 0.299 e. The number of unbranched alkanes of at least 4 members (excludes halogenated alkanes) is 1. The molecule has 0 unspecified atom stereocenters. The summed E-state index contributed by atoms with van der Waals surface area (Å²) < 4.78 is 5.55. The van der Waals surface area contributed by atoms with Gasteiger partial charge in [0.2, 0.25) is 0 Å². The van der Waals surface area contributed by atoms with Gasteiger partial charge < -0.3 is 20.1 Å². The van der Waals surface area contributed by atoms with Gasteiger partial charge in [-0.2, -0.15) is 0 Å². The lowest BCUT2D eigenvalue weighted by atomic mass is 9.53. The fraction of sp³-hybridized carbons (Fsp3) is 0.559. The van der Waals surface area contributed by atoms with Crippen LogP contribution in [0.1, 0.15) is 93.0 Å². The summed E-state index contributed by atoms with van der Waals surface area (Å²) in [5, 5.41) is 14.5. The lowest BCUT2D eigenvalue weighted by Crippen LogP contribution is -2.54. The van der Waals surface area contributed by atoms with Crippen molar-refractivity contribution in [2.75, 3.05) is 12.4 Å². The summed E-state index contributed by atoms with van der Waals surface area (Å²) in [6.07, 6.45) is 17.4. The summed E-state index contributed by atoms with van der Waals surface area (Å²) in [4.78, 5) is 15.2. The van der Waals surface area contributed by atoms with Crippen molar-refractivity contribution >= 4 is 11.6 Å². The van der Waals surface area contributed by atoms with E-state index in [2.05, 4.69) is 48.5 Å². The van der Waals surface area contributed by atoms with Gasteiger partial charge in [0.15, 0.2) is 0 Å². The molecule has 4 aliphatic carbocycles. The summed E-state index contributed by atoms with van der Waals surface area (Å²) in [5.74, 6) is 5.51. The minimum absolute atomic E-state index is 0.0144. The van der Waals surface area contributed by atoms with Crippen LogP contribution in [-0.2, 0) is 17.8 Å². The molecule has 1 heterocycles. The monoisotopic (exact) mass is 526 g/mol. The summed E-state index contributed by atoms with van der Waals surface area (Å²) in [6, 6.07) is 12.2. The Balaban J connectivity index is 1.38. The molecule has 7 rings (SSSR count). The first kappa shape index (κ1) is 26.3. The van der Waals surface area contributed by atoms with Gasteiger partial charge >= 0.3 is 0 Å². The average Bonchev–Trinajstić information content (AvgIpc) is 2.93. The number of hydrogen-bond donors (Lipinski definition) is 2. The molecule has 1 amide bonds. The SMILES string of the molecule is C#CC(=O)N1[C@@H](CCCC)Cc2cc(OC)ccc2[C@@H]1c1ccc(NC23CC4CC(CC(C4)C2)C3)c(CO)c1. The van der Waals surface area contributed by atoms with E-state index >= 15 is 0 Å². The number of nitrogens with one attached hydrogen (secondary N) is 1. The zero-order valence-corrected chi connectivity index (χ0v) is 23.4. The van der Waals surface area contributed by atoms with Crippen LogP contribution in [0.5, 0.6) is 5.75 Å². The van der Waals surface area contributed by atoms with E-state index in [0.717, 1.165) is 71.6 Å². The molecule has 2 N–H and O–H groups in total. The van der Waals surface area contributed by atoms with Crippen molar-refractivity contribution in [3.05, 3.63) is 58.7 Å². The van der Waals surface area contributed by atoms with Gasteiger partial charge in [0.25, 0.3) is 5.91 Å². The van der Waals surface area contributed by atoms with E-state index in [1.54, 1.807) is 7.11 Å². The number of methoxy groups -OCH3 is 1. The Morgan fingerprint density at radius 3 is 2.46 bits per heavy atom. The van der Waals surface area contributed by atoms with Gasteiger partial charge in [-0.05, 0) is 116 Å². The highest BCUT2D eigenvalue weighted by molar-refractivity contribution is 5.94. The largest absolute Gasteiger partial charge is 0.497 e. The maximum absolute atomic E-state index is 13.3. The molecule has 4 fully saturated rings. The second kappa shape index (κ2) is 10.5. The first-order valence-electron chi connectivity index (χ1n) is 14.9. The molecule has 4 saturated carbocycles. The molecule has 0 saturated heterocycles. The number of amides is 1. The Hall–Kier alpha value is -2.97. The van der Waals surface area contributed by atoms with E-state index in [4.69, 9.17) is 11.2 Å². The first-order chi connectivity index (χ1) is 19.0. The number of nitrogens with zero attached hydrogens (tertiary/aromatic N) is 1. The van der Waals surface area contributed by atoms with E-state index in [1.165, 1.54) is 44.1 Å². The maximum atomic E-state index is 13.3. The topological polar surface area (TPSA) is 61.8 Å². The molecule has 2 atom stereocenters. The predicted octanol–water partition coefficient (Wildman–Crippen LogP) is 6.23. The lowest BCUT2D eigenvalue weighted by molar-refractivity contribution is -0.130. The third-order valence-electron chi connectivity index (χ3n) is 10.1. The Bertz CT molecular complexity index is 1240. The van der Waals surface area contributed by atoms with Crippen LogP contribution in [0.25, 0.3) is 0 Å². The number of hydrogen-bond acceptors (Lipinski definition) is 4. The molecule has 39 heavy (non-hydrogen) atoms. The smallest absolute Gasteiger partial charge is 0.299 e. The number of ether oxygens (including phenoxy) is 1. The van der Waals surface area contributed by atoms with Crippen molar-refractivity contribution in [3.63, 3.8) is 0 Å². The number of carbonyl (C=O) groups excluding carboxylic acids is 1. The van der Waals surface area contributed by atoms with Gasteiger partial charge in [-0.25, -0.2) is 0 Å². The molecule has 0 spiro atoms. The molecule has 5 nitrogen and oxygen atoms in total. The van der Waals surface area contributed by atoms with E-state index in [-0.39, 0.29) is 30.1 Å². The van der Waals surface area contributed by atoms with Gasteiger partial charge in [-0.1, -0.05) is 31.9 Å². The van der Waals surface area contributed by atoms with E-state index in [1.807, 2.05) is 11.0 Å². The average molecular weight is 527 g/mol. The Morgan fingerprint density at radius 1 is 1.13 bits per heavy atom. The van der Waals surface area contributed by atoms with Crippen molar-refractivity contribution in [2.24, 2.45) is 17.8 Å². The quantitative estimate of drug-likeness (QED) is 0.400. The van der Waals surface area contributed by atoms with Gasteiger partial charge in [0.05, 0.1) is 19.8 Å². The van der Waals surface area contributed by atoms with Crippen LogP contribution in [0.15, 0.2) is 36.4 Å². The highest BCUT2D eigenvalue weighted by atomic mass is 16.5. The standard InChI is InChI=1S/C34H42N2O3/c1-4-6-7-28-16-26-17-29(39-3)9-10-30(26)33(36(28)32(38)5-2)25-8-11-31(27(15-25)21-37)35-34-18-22-12-23(19-34)14-24(13-22)20-34/h2,8-11,15,17,22-24,28,33,35,37H,4,6-7,12-14,16,18-21H2,1,3H3/t22?,23?,24?,28-,33-,34?/m0/s1. The summed E-state index contributed by atoms with van der Waals surface area (Å²) >= 11 is 0. The highest BCUT2D eigenvalue weighted by Crippen LogP contribution is 2.57. The minimum Gasteiger partial charge on any atom is -0.497 e. The van der Waals surface area contributed by atoms with Crippen LogP contribution in [-0.4, -0.2) is 34.6 Å². The van der Waals surface area contributed by atoms with Crippen LogP contribution in [0.3, 0.4) is 0 Å². The third kappa shape index (κ3) is 4.82. The van der Waals surface area contributed by atoms with Crippen LogP contribution in [0, 0.1) is 30.1 Å². The zero-order valence-electron chi connectivity index (χ0n) is 23.4. The van der Waals surface area contributed by atoms with Crippen LogP contribution in [0.4, 0.5) is 5.69 Å². The molecular formula is C34H42N2O3. The number of carbonyl (C=O) groups is 1. The third-order valence-corrected chi connectivity index (χ3v) is 10.1. The van der Waals surface area contributed by atoms with E-state index in [0.29, 0.717) is 0 Å². The fourth-order valence-electron chi connectivity index (χ4n) is 8.83. The number of terminal acetylenes is 1. The fourth-order valence-corrected chi connectivity index (χ4v) is 8.83. The molecule has 5 aliphatic rings. The van der Waals surface area contributed by atoms with Crippen molar-refractivity contribution in [3.8, 4) is 18.1 Å². The predicted molar refractivity (Wildman–Crippen MR) is 154 cm³/mol. The number of aliphatic hydroxyl groups excluding tert-OH is 1. The van der Waals surface area contributed by atoms with Crippen molar-refractivity contribution in [1.29, 1.82) is 0 Å². The second-order valence-electron chi connectivity index (χ2n) is 12.7. The van der Waals surface area contributed by atoms with Crippen molar-refractivity contribution < 1.29 is 14.6 Å². The minimum atomic E-state index is -0.302. The molecule has 4 bridgehead atoms. The molecule has 2 aromatic carbocycles. The molecule has 0 aromatic heterocycles. The normalized spacial score (nSPS) is 30.5. The highest BCUT2D eigenvalue weighted by Gasteiger charge is 2.51. The van der Waals surface area contributed by atoms with Crippen molar-refractivity contribution in [2.45, 2.75) is 95.4 Å². The van der Waals surface area contributed by atoms with Gasteiger partial charge in [0, 0.05) is 22.8 Å². The van der Waals surface area contributed by atoms with Crippen LogP contribution >= 0.6 is 0 Å². The lowest BCUT2D eigenvalue weighted by Gasteiger charge is -2.57. The molecule has 1 aliphatic heterocycles. The zero-order chi connectivity index (χ0) is 27.1. The number of fused-ring (bicyclic) bond motifs is 1. The van der Waals surface area contributed by atoms with Gasteiger partial charge in [0.1, 0.15) is 5.75 Å². The molecule has 2 aromatic rings. The Kier molecular flexibility index (Phi) is 7.10. The number of benzene rings is 2. The Morgan fingerprint density at radius 2 is 1.85 bits per heavy atom. The summed E-state index contributed by atoms with van der Waals surface area (Å²) in [6.45, 7) is 2.13. The molecular weight excluding hydrogens is 484 g/mol. The first-order valence-corrected chi connectivity index (χ1v) is 14.9. The van der Waals surface area contributed by atoms with Gasteiger partial charge in [-0.15, -0.1) is 6.42 Å². The van der Waals surface area contributed by atoms with Gasteiger partial charge in [-0.3, -0.25) is 4.79 Å². The molecule has 206 valence electrons. The number of aliphatic hydroxyl groups is 1. The van der Waals surface area contributed by atoms with E-state index in [9.17, 15) is 9.90 Å². The van der Waals surface area contributed by atoms with Crippen LogP contribution in [0.2, 0.25) is 0 Å². The van der Waals surface area contributed by atoms with Crippen LogP contribution < -0.4 is 10.1 Å². The Labute approximate surface area is 233 Å². The second-order valence-corrected chi connectivity index (χ2v) is 12.7. The number of anilines is 1. The number of rotatable bonds is 8. The summed E-state index contributed by atoms with van der Waals surface area (Å²) in [5.41, 5.74) is 5.35. The molecule has 5 heteroatoms.